The Balaban J connectivity index is 2.32. The summed E-state index contributed by atoms with van der Waals surface area (Å²) in [5, 5.41) is 18.4. The fourth-order valence-electron chi connectivity index (χ4n) is 1.78. The van der Waals surface area contributed by atoms with Crippen molar-refractivity contribution in [2.45, 2.75) is 13.2 Å². The second-order valence-corrected chi connectivity index (χ2v) is 4.01. The van der Waals surface area contributed by atoms with Crippen molar-refractivity contribution in [2.24, 2.45) is 0 Å². The van der Waals surface area contributed by atoms with Gasteiger partial charge in [0.15, 0.2) is 11.5 Å². The van der Waals surface area contributed by atoms with E-state index in [1.54, 1.807) is 37.4 Å². The van der Waals surface area contributed by atoms with Gasteiger partial charge in [-0.25, -0.2) is 0 Å². The minimum Gasteiger partial charge on any atom is -0.493 e. The van der Waals surface area contributed by atoms with Gasteiger partial charge in [-0.3, -0.25) is 0 Å². The molecule has 19 heavy (non-hydrogen) atoms. The first-order chi connectivity index (χ1) is 9.28. The van der Waals surface area contributed by atoms with Gasteiger partial charge in [0.25, 0.3) is 0 Å². The van der Waals surface area contributed by atoms with Gasteiger partial charge in [-0.05, 0) is 29.8 Å². The zero-order valence-corrected chi connectivity index (χ0v) is 10.7. The van der Waals surface area contributed by atoms with Gasteiger partial charge < -0.3 is 19.7 Å². The van der Waals surface area contributed by atoms with Crippen LogP contribution in [0, 0.1) is 0 Å². The summed E-state index contributed by atoms with van der Waals surface area (Å²) in [6.07, 6.45) is 0. The number of benzene rings is 2. The van der Waals surface area contributed by atoms with E-state index in [0.717, 1.165) is 5.56 Å². The highest BCUT2D eigenvalue weighted by Gasteiger charge is 2.09. The zero-order chi connectivity index (χ0) is 13.7. The molecule has 0 aliphatic rings. The smallest absolute Gasteiger partial charge is 0.169 e. The van der Waals surface area contributed by atoms with Crippen molar-refractivity contribution in [1.29, 1.82) is 0 Å². The van der Waals surface area contributed by atoms with Crippen LogP contribution < -0.4 is 9.47 Å². The summed E-state index contributed by atoms with van der Waals surface area (Å²) < 4.78 is 11.0. The molecule has 0 radical (unpaired) electrons. The Kier molecular flexibility index (Phi) is 4.39. The van der Waals surface area contributed by atoms with Crippen LogP contribution in [0.4, 0.5) is 0 Å². The molecule has 0 bridgehead atoms. The minimum atomic E-state index is -0.154. The van der Waals surface area contributed by atoms with Gasteiger partial charge in [0.2, 0.25) is 0 Å². The van der Waals surface area contributed by atoms with Crippen LogP contribution in [0.25, 0.3) is 0 Å². The number of hydrogen-bond acceptors (Lipinski definition) is 4. The van der Waals surface area contributed by atoms with Crippen molar-refractivity contribution < 1.29 is 19.7 Å². The maximum absolute atomic E-state index is 9.35. The molecule has 100 valence electrons. The number of para-hydroxylation sites is 2. The van der Waals surface area contributed by atoms with E-state index in [0.29, 0.717) is 22.8 Å². The summed E-state index contributed by atoms with van der Waals surface area (Å²) in [4.78, 5) is 0. The van der Waals surface area contributed by atoms with Gasteiger partial charge in [-0.15, -0.1) is 0 Å². The van der Waals surface area contributed by atoms with Crippen molar-refractivity contribution in [3.63, 3.8) is 0 Å². The lowest BCUT2D eigenvalue weighted by Crippen LogP contribution is -1.96. The topological polar surface area (TPSA) is 58.9 Å². The largest absolute Gasteiger partial charge is 0.493 e. The first kappa shape index (κ1) is 13.4. The number of methoxy groups -OCH3 is 1. The molecule has 0 aliphatic heterocycles. The van der Waals surface area contributed by atoms with E-state index >= 15 is 0 Å². The van der Waals surface area contributed by atoms with Gasteiger partial charge in [-0.2, -0.15) is 0 Å². The first-order valence-corrected chi connectivity index (χ1v) is 5.93. The molecule has 0 spiro atoms. The molecule has 0 aromatic heterocycles. The summed E-state index contributed by atoms with van der Waals surface area (Å²) in [5.74, 6) is 1.75. The standard InChI is InChI=1S/C15H16O4/c1-18-14-4-2-3-5-15(14)19-13-7-6-11(9-16)8-12(13)10-17/h2-8,16-17H,9-10H2,1H3. The van der Waals surface area contributed by atoms with Crippen molar-refractivity contribution in [3.8, 4) is 17.2 Å². The van der Waals surface area contributed by atoms with Gasteiger partial charge >= 0.3 is 0 Å². The predicted octanol–water partition coefficient (Wildman–Crippen LogP) is 2.47. The predicted molar refractivity (Wildman–Crippen MR) is 71.4 cm³/mol. The molecule has 0 amide bonds. The number of ether oxygens (including phenoxy) is 2. The molecule has 0 aliphatic carbocycles. The highest BCUT2D eigenvalue weighted by Crippen LogP contribution is 2.33. The third kappa shape index (κ3) is 3.05. The first-order valence-electron chi connectivity index (χ1n) is 5.93. The second kappa shape index (κ2) is 6.22. The van der Waals surface area contributed by atoms with Crippen LogP contribution in [0.2, 0.25) is 0 Å². The molecular formula is C15H16O4. The number of aliphatic hydroxyl groups excluding tert-OH is 2. The number of aliphatic hydroxyl groups is 2. The van der Waals surface area contributed by atoms with Gasteiger partial charge in [-0.1, -0.05) is 18.2 Å². The maximum Gasteiger partial charge on any atom is 0.169 e. The van der Waals surface area contributed by atoms with Crippen LogP contribution in [0.5, 0.6) is 17.2 Å². The normalized spacial score (nSPS) is 10.3. The molecule has 2 N–H and O–H groups in total. The van der Waals surface area contributed by atoms with Crippen molar-refractivity contribution in [2.75, 3.05) is 7.11 Å². The molecule has 0 fully saturated rings. The third-order valence-electron chi connectivity index (χ3n) is 2.77. The Hall–Kier alpha value is -2.04. The van der Waals surface area contributed by atoms with Crippen LogP contribution in [0.15, 0.2) is 42.5 Å². The van der Waals surface area contributed by atoms with Gasteiger partial charge in [0, 0.05) is 5.56 Å². The molecule has 2 aromatic carbocycles. The van der Waals surface area contributed by atoms with Crippen molar-refractivity contribution in [3.05, 3.63) is 53.6 Å². The molecule has 0 atom stereocenters. The fraction of sp³-hybridized carbons (Fsp3) is 0.200. The molecule has 4 heteroatoms. The van der Waals surface area contributed by atoms with E-state index in [1.165, 1.54) is 0 Å². The molecule has 0 heterocycles. The SMILES string of the molecule is COc1ccccc1Oc1ccc(CO)cc1CO. The van der Waals surface area contributed by atoms with Crippen LogP contribution in [0.3, 0.4) is 0 Å². The monoisotopic (exact) mass is 260 g/mol. The highest BCUT2D eigenvalue weighted by atomic mass is 16.5. The van der Waals surface area contributed by atoms with E-state index in [2.05, 4.69) is 0 Å². The summed E-state index contributed by atoms with van der Waals surface area (Å²) in [5.41, 5.74) is 1.36. The summed E-state index contributed by atoms with van der Waals surface area (Å²) in [6, 6.07) is 12.5. The Morgan fingerprint density at radius 3 is 2.26 bits per heavy atom. The van der Waals surface area contributed by atoms with E-state index in [-0.39, 0.29) is 13.2 Å². The van der Waals surface area contributed by atoms with Crippen LogP contribution >= 0.6 is 0 Å². The average molecular weight is 260 g/mol. The van der Waals surface area contributed by atoms with Crippen molar-refractivity contribution in [1.82, 2.24) is 0 Å². The fourth-order valence-corrected chi connectivity index (χ4v) is 1.78. The average Bonchev–Trinajstić information content (AvgIpc) is 2.48. The molecule has 0 unspecified atom stereocenters. The molecule has 0 saturated heterocycles. The van der Waals surface area contributed by atoms with E-state index in [4.69, 9.17) is 14.6 Å². The van der Waals surface area contributed by atoms with Crippen molar-refractivity contribution >= 4 is 0 Å². The van der Waals surface area contributed by atoms with Crippen LogP contribution in [-0.4, -0.2) is 17.3 Å². The summed E-state index contributed by atoms with van der Waals surface area (Å²) >= 11 is 0. The van der Waals surface area contributed by atoms with E-state index in [9.17, 15) is 5.11 Å². The molecular weight excluding hydrogens is 244 g/mol. The Bertz CT molecular complexity index is 552. The van der Waals surface area contributed by atoms with E-state index in [1.807, 2.05) is 12.1 Å². The Labute approximate surface area is 111 Å². The Morgan fingerprint density at radius 1 is 0.895 bits per heavy atom. The highest BCUT2D eigenvalue weighted by molar-refractivity contribution is 5.45. The maximum atomic E-state index is 9.35. The molecule has 0 saturated carbocycles. The lowest BCUT2D eigenvalue weighted by molar-refractivity contribution is 0.271. The lowest BCUT2D eigenvalue weighted by Gasteiger charge is -2.13. The van der Waals surface area contributed by atoms with Gasteiger partial charge in [0.05, 0.1) is 20.3 Å². The van der Waals surface area contributed by atoms with Gasteiger partial charge in [0.1, 0.15) is 5.75 Å². The minimum absolute atomic E-state index is 0.0675. The number of rotatable bonds is 5. The summed E-state index contributed by atoms with van der Waals surface area (Å²) in [6.45, 7) is -0.222. The van der Waals surface area contributed by atoms with E-state index < -0.39 is 0 Å². The molecule has 2 rings (SSSR count). The Morgan fingerprint density at radius 2 is 1.63 bits per heavy atom. The zero-order valence-electron chi connectivity index (χ0n) is 10.7. The third-order valence-corrected chi connectivity index (χ3v) is 2.77. The second-order valence-electron chi connectivity index (χ2n) is 4.01. The molecule has 4 nitrogen and oxygen atoms in total. The molecule has 2 aromatic rings. The van der Waals surface area contributed by atoms with Crippen LogP contribution in [-0.2, 0) is 13.2 Å². The quantitative estimate of drug-likeness (QED) is 0.867. The van der Waals surface area contributed by atoms with Crippen LogP contribution in [0.1, 0.15) is 11.1 Å². The lowest BCUT2D eigenvalue weighted by atomic mass is 10.1. The number of hydrogen-bond donors (Lipinski definition) is 2. The summed E-state index contributed by atoms with van der Waals surface area (Å²) in [7, 11) is 1.57.